The van der Waals surface area contributed by atoms with Crippen LogP contribution in [0.5, 0.6) is 5.75 Å². The summed E-state index contributed by atoms with van der Waals surface area (Å²) >= 11 is 0. The average Bonchev–Trinajstić information content (AvgIpc) is 2.21. The van der Waals surface area contributed by atoms with Crippen LogP contribution in [0.15, 0.2) is 12.1 Å². The molecule has 0 spiro atoms. The summed E-state index contributed by atoms with van der Waals surface area (Å²) in [6.07, 6.45) is 0. The third-order valence-electron chi connectivity index (χ3n) is 2.20. The summed E-state index contributed by atoms with van der Waals surface area (Å²) in [6, 6.07) is 3.96. The quantitative estimate of drug-likeness (QED) is 0.753. The molecule has 0 aliphatic carbocycles. The van der Waals surface area contributed by atoms with E-state index in [1.807, 2.05) is 6.07 Å². The lowest BCUT2D eigenvalue weighted by Gasteiger charge is -2.19. The average molecular weight is 211 g/mol. The molecule has 0 aliphatic heterocycles. The summed E-state index contributed by atoms with van der Waals surface area (Å²) < 4.78 is 30.8. The molecule has 1 aromatic rings. The van der Waals surface area contributed by atoms with E-state index in [0.717, 1.165) is 12.1 Å². The maximum Gasteiger partial charge on any atom is 0.162 e. The molecule has 15 heavy (non-hydrogen) atoms. The molecule has 0 bridgehead atoms. The minimum absolute atomic E-state index is 0.181. The zero-order valence-electron chi connectivity index (χ0n) is 8.77. The monoisotopic (exact) mass is 211 g/mol. The van der Waals surface area contributed by atoms with E-state index in [4.69, 9.17) is 10.00 Å². The topological polar surface area (TPSA) is 33.0 Å². The minimum Gasteiger partial charge on any atom is -0.496 e. The van der Waals surface area contributed by atoms with E-state index in [0.29, 0.717) is 5.56 Å². The van der Waals surface area contributed by atoms with Crippen molar-refractivity contribution >= 4 is 0 Å². The van der Waals surface area contributed by atoms with Crippen LogP contribution in [0.25, 0.3) is 0 Å². The van der Waals surface area contributed by atoms with Crippen molar-refractivity contribution in [3.8, 4) is 11.8 Å². The Morgan fingerprint density at radius 3 is 2.27 bits per heavy atom. The fourth-order valence-corrected chi connectivity index (χ4v) is 1.25. The van der Waals surface area contributed by atoms with Crippen LogP contribution in [0.1, 0.15) is 19.4 Å². The minimum atomic E-state index is -0.982. The molecule has 0 radical (unpaired) electrons. The highest BCUT2D eigenvalue weighted by Crippen LogP contribution is 2.32. The Morgan fingerprint density at radius 1 is 1.27 bits per heavy atom. The number of nitrogens with zero attached hydrogens (tertiary/aromatic N) is 1. The summed E-state index contributed by atoms with van der Waals surface area (Å²) in [5.41, 5.74) is -0.578. The zero-order chi connectivity index (χ0) is 11.6. The molecule has 0 atom stereocenters. The largest absolute Gasteiger partial charge is 0.496 e. The van der Waals surface area contributed by atoms with Gasteiger partial charge in [-0.05, 0) is 19.9 Å². The normalized spacial score (nSPS) is 10.9. The Labute approximate surface area is 87.1 Å². The van der Waals surface area contributed by atoms with E-state index in [2.05, 4.69) is 0 Å². The maximum absolute atomic E-state index is 13.0. The molecule has 1 rings (SSSR count). The van der Waals surface area contributed by atoms with E-state index >= 15 is 0 Å². The van der Waals surface area contributed by atoms with Gasteiger partial charge in [-0.1, -0.05) is 0 Å². The van der Waals surface area contributed by atoms with Gasteiger partial charge in [-0.3, -0.25) is 0 Å². The highest BCUT2D eigenvalue weighted by atomic mass is 19.2. The Kier molecular flexibility index (Phi) is 2.94. The standard InChI is InChI=1S/C11H11F2NO/c1-11(2,6-14)7-4-8(12)9(13)5-10(7)15-3/h4-5H,1-3H3. The zero-order valence-corrected chi connectivity index (χ0v) is 8.77. The SMILES string of the molecule is COc1cc(F)c(F)cc1C(C)(C)C#N. The van der Waals surface area contributed by atoms with Gasteiger partial charge in [-0.25, -0.2) is 8.78 Å². The number of benzene rings is 1. The highest BCUT2D eigenvalue weighted by molar-refractivity contribution is 5.43. The Hall–Kier alpha value is -1.63. The van der Waals surface area contributed by atoms with Gasteiger partial charge in [0.05, 0.1) is 18.6 Å². The number of ether oxygens (including phenoxy) is 1. The predicted molar refractivity (Wildman–Crippen MR) is 51.5 cm³/mol. The van der Waals surface area contributed by atoms with E-state index in [1.54, 1.807) is 13.8 Å². The van der Waals surface area contributed by atoms with Crippen molar-refractivity contribution < 1.29 is 13.5 Å². The summed E-state index contributed by atoms with van der Waals surface area (Å²) in [5, 5.41) is 8.91. The van der Waals surface area contributed by atoms with Crippen molar-refractivity contribution in [2.24, 2.45) is 0 Å². The number of rotatable bonds is 2. The van der Waals surface area contributed by atoms with Crippen LogP contribution in [-0.4, -0.2) is 7.11 Å². The van der Waals surface area contributed by atoms with E-state index in [1.165, 1.54) is 7.11 Å². The van der Waals surface area contributed by atoms with Crippen molar-refractivity contribution in [3.63, 3.8) is 0 Å². The van der Waals surface area contributed by atoms with Gasteiger partial charge >= 0.3 is 0 Å². The van der Waals surface area contributed by atoms with Gasteiger partial charge in [0.25, 0.3) is 0 Å². The third kappa shape index (κ3) is 2.07. The first-order chi connectivity index (χ1) is 6.92. The van der Waals surface area contributed by atoms with Gasteiger partial charge in [-0.2, -0.15) is 5.26 Å². The molecule has 80 valence electrons. The molecule has 0 N–H and O–H groups in total. The van der Waals surface area contributed by atoms with Crippen LogP contribution in [0.3, 0.4) is 0 Å². The molecule has 0 saturated heterocycles. The van der Waals surface area contributed by atoms with Crippen LogP contribution in [0, 0.1) is 23.0 Å². The van der Waals surface area contributed by atoms with Crippen LogP contribution in [-0.2, 0) is 5.41 Å². The lowest BCUT2D eigenvalue weighted by atomic mass is 9.85. The molecule has 4 heteroatoms. The second-order valence-corrected chi connectivity index (χ2v) is 3.70. The number of nitriles is 1. The van der Waals surface area contributed by atoms with Gasteiger partial charge < -0.3 is 4.74 Å². The lowest BCUT2D eigenvalue weighted by molar-refractivity contribution is 0.393. The first-order valence-corrected chi connectivity index (χ1v) is 4.37. The van der Waals surface area contributed by atoms with Crippen LogP contribution >= 0.6 is 0 Å². The Balaban J connectivity index is 3.42. The van der Waals surface area contributed by atoms with Crippen LogP contribution in [0.2, 0.25) is 0 Å². The third-order valence-corrected chi connectivity index (χ3v) is 2.20. The molecular formula is C11H11F2NO. The van der Waals surface area contributed by atoms with Crippen molar-refractivity contribution in [1.29, 1.82) is 5.26 Å². The second-order valence-electron chi connectivity index (χ2n) is 3.70. The number of hydrogen-bond donors (Lipinski definition) is 0. The number of methoxy groups -OCH3 is 1. The maximum atomic E-state index is 13.0. The van der Waals surface area contributed by atoms with E-state index in [-0.39, 0.29) is 5.75 Å². The van der Waals surface area contributed by atoms with Crippen molar-refractivity contribution in [2.75, 3.05) is 7.11 Å². The van der Waals surface area contributed by atoms with E-state index in [9.17, 15) is 8.78 Å². The lowest BCUT2D eigenvalue weighted by Crippen LogP contribution is -2.16. The van der Waals surface area contributed by atoms with E-state index < -0.39 is 17.0 Å². The summed E-state index contributed by atoms with van der Waals surface area (Å²) in [6.45, 7) is 3.23. The molecule has 0 aliphatic rings. The molecule has 0 aromatic heterocycles. The van der Waals surface area contributed by atoms with Crippen molar-refractivity contribution in [1.82, 2.24) is 0 Å². The highest BCUT2D eigenvalue weighted by Gasteiger charge is 2.26. The summed E-state index contributed by atoms with van der Waals surface area (Å²) in [7, 11) is 1.35. The Bertz CT molecular complexity index is 421. The fourth-order valence-electron chi connectivity index (χ4n) is 1.25. The number of halogens is 2. The molecule has 0 heterocycles. The molecule has 0 unspecified atom stereocenters. The smallest absolute Gasteiger partial charge is 0.162 e. The van der Waals surface area contributed by atoms with Gasteiger partial charge in [0.2, 0.25) is 0 Å². The number of hydrogen-bond acceptors (Lipinski definition) is 2. The molecule has 0 amide bonds. The summed E-state index contributed by atoms with van der Waals surface area (Å²) in [5.74, 6) is -1.78. The Morgan fingerprint density at radius 2 is 1.80 bits per heavy atom. The fraction of sp³-hybridized carbons (Fsp3) is 0.364. The molecule has 1 aromatic carbocycles. The van der Waals surface area contributed by atoms with Crippen LogP contribution in [0.4, 0.5) is 8.78 Å². The van der Waals surface area contributed by atoms with Crippen molar-refractivity contribution in [3.05, 3.63) is 29.3 Å². The van der Waals surface area contributed by atoms with Crippen LogP contribution < -0.4 is 4.74 Å². The molecule has 0 fully saturated rings. The van der Waals surface area contributed by atoms with Gasteiger partial charge in [0, 0.05) is 11.6 Å². The molecule has 0 saturated carbocycles. The van der Waals surface area contributed by atoms with Gasteiger partial charge in [0.1, 0.15) is 5.75 Å². The second kappa shape index (κ2) is 3.85. The first-order valence-electron chi connectivity index (χ1n) is 4.37. The van der Waals surface area contributed by atoms with Gasteiger partial charge in [-0.15, -0.1) is 0 Å². The summed E-state index contributed by atoms with van der Waals surface area (Å²) in [4.78, 5) is 0. The molecular weight excluding hydrogens is 200 g/mol. The van der Waals surface area contributed by atoms with Gasteiger partial charge in [0.15, 0.2) is 11.6 Å². The molecule has 2 nitrogen and oxygen atoms in total. The first kappa shape index (κ1) is 11.4. The van der Waals surface area contributed by atoms with Crippen molar-refractivity contribution in [2.45, 2.75) is 19.3 Å². The predicted octanol–water partition coefficient (Wildman–Crippen LogP) is 2.77.